The molecule has 0 spiro atoms. The number of hydrogen-bond donors (Lipinski definition) is 2. The fourth-order valence-electron chi connectivity index (χ4n) is 1.71. The van der Waals surface area contributed by atoms with E-state index >= 15 is 0 Å². The zero-order valence-corrected chi connectivity index (χ0v) is 13.2. The number of benzene rings is 1. The number of carbonyl (C=O) groups excluding carboxylic acids is 2. The molecule has 0 aliphatic heterocycles. The number of hydrogen-bond acceptors (Lipinski definition) is 4. The van der Waals surface area contributed by atoms with Crippen LogP contribution < -0.4 is 10.6 Å². The lowest BCUT2D eigenvalue weighted by molar-refractivity contribution is -0.125. The second kappa shape index (κ2) is 7.21. The quantitative estimate of drug-likeness (QED) is 0.815. The van der Waals surface area contributed by atoms with Gasteiger partial charge < -0.3 is 10.6 Å². The van der Waals surface area contributed by atoms with Crippen molar-refractivity contribution in [3.8, 4) is 0 Å². The minimum absolute atomic E-state index is 0.0378. The third kappa shape index (κ3) is 6.89. The number of anilines is 1. The van der Waals surface area contributed by atoms with Gasteiger partial charge in [-0.1, -0.05) is 17.7 Å². The Balaban J connectivity index is 2.74. The van der Waals surface area contributed by atoms with E-state index < -0.39 is 21.8 Å². The van der Waals surface area contributed by atoms with E-state index in [0.29, 0.717) is 5.69 Å². The van der Waals surface area contributed by atoms with Crippen LogP contribution in [0.25, 0.3) is 0 Å². The van der Waals surface area contributed by atoms with Gasteiger partial charge in [-0.15, -0.1) is 0 Å². The van der Waals surface area contributed by atoms with Crippen molar-refractivity contribution in [2.75, 3.05) is 17.3 Å². The summed E-state index contributed by atoms with van der Waals surface area (Å²) in [5.41, 5.74) is 1.66. The molecule has 116 valence electrons. The highest BCUT2D eigenvalue weighted by molar-refractivity contribution is 7.90. The van der Waals surface area contributed by atoms with Gasteiger partial charge in [-0.3, -0.25) is 9.59 Å². The normalized spacial score (nSPS) is 12.5. The fraction of sp³-hybridized carbons (Fsp3) is 0.429. The van der Waals surface area contributed by atoms with Gasteiger partial charge in [0.05, 0.1) is 5.75 Å². The number of carbonyl (C=O) groups is 2. The van der Waals surface area contributed by atoms with Gasteiger partial charge in [-0.05, 0) is 25.5 Å². The maximum atomic E-state index is 12.1. The molecule has 0 aromatic heterocycles. The van der Waals surface area contributed by atoms with Gasteiger partial charge >= 0.3 is 0 Å². The Morgan fingerprint density at radius 2 is 1.76 bits per heavy atom. The van der Waals surface area contributed by atoms with E-state index in [2.05, 4.69) is 10.6 Å². The molecule has 1 aromatic rings. The van der Waals surface area contributed by atoms with Crippen LogP contribution >= 0.6 is 0 Å². The van der Waals surface area contributed by atoms with Gasteiger partial charge in [0, 0.05) is 18.9 Å². The highest BCUT2D eigenvalue weighted by atomic mass is 32.2. The summed E-state index contributed by atoms with van der Waals surface area (Å²) >= 11 is 0. The molecule has 0 unspecified atom stereocenters. The Labute approximate surface area is 124 Å². The smallest absolute Gasteiger partial charge is 0.246 e. The molecule has 2 amide bonds. The third-order valence-electron chi connectivity index (χ3n) is 2.79. The van der Waals surface area contributed by atoms with Crippen LogP contribution in [0.3, 0.4) is 0 Å². The summed E-state index contributed by atoms with van der Waals surface area (Å²) in [6.45, 7) is 3.21. The summed E-state index contributed by atoms with van der Waals surface area (Å²) in [4.78, 5) is 23.3. The SMILES string of the molecule is CC(=O)N[C@H](CCS(C)(=O)=O)C(=O)Nc1ccc(C)cc1. The minimum Gasteiger partial charge on any atom is -0.345 e. The lowest BCUT2D eigenvalue weighted by Crippen LogP contribution is -2.43. The van der Waals surface area contributed by atoms with Crippen LogP contribution in [0.4, 0.5) is 5.69 Å². The first-order valence-corrected chi connectivity index (χ1v) is 8.56. The molecule has 0 bridgehead atoms. The van der Waals surface area contributed by atoms with Crippen molar-refractivity contribution in [3.63, 3.8) is 0 Å². The van der Waals surface area contributed by atoms with Crippen molar-refractivity contribution in [1.29, 1.82) is 0 Å². The minimum atomic E-state index is -3.20. The number of nitrogens with one attached hydrogen (secondary N) is 2. The van der Waals surface area contributed by atoms with Crippen LogP contribution in [0.5, 0.6) is 0 Å². The molecular formula is C14H20N2O4S. The Hall–Kier alpha value is -1.89. The molecule has 21 heavy (non-hydrogen) atoms. The largest absolute Gasteiger partial charge is 0.345 e. The van der Waals surface area contributed by atoms with Gasteiger partial charge in [0.1, 0.15) is 15.9 Å². The monoisotopic (exact) mass is 312 g/mol. The van der Waals surface area contributed by atoms with Crippen LogP contribution in [-0.4, -0.2) is 38.3 Å². The van der Waals surface area contributed by atoms with Crippen molar-refractivity contribution in [2.45, 2.75) is 26.3 Å². The molecule has 7 heteroatoms. The first-order valence-electron chi connectivity index (χ1n) is 6.50. The average Bonchev–Trinajstić information content (AvgIpc) is 2.35. The van der Waals surface area contributed by atoms with Gasteiger partial charge in [-0.25, -0.2) is 8.42 Å². The molecule has 0 saturated heterocycles. The van der Waals surface area contributed by atoms with E-state index in [9.17, 15) is 18.0 Å². The number of rotatable bonds is 6. The molecule has 1 atom stereocenters. The molecule has 0 fully saturated rings. The van der Waals surface area contributed by atoms with Crippen molar-refractivity contribution in [3.05, 3.63) is 29.8 Å². The summed E-state index contributed by atoms with van der Waals surface area (Å²) < 4.78 is 22.4. The Morgan fingerprint density at radius 1 is 1.19 bits per heavy atom. The van der Waals surface area contributed by atoms with E-state index in [4.69, 9.17) is 0 Å². The third-order valence-corrected chi connectivity index (χ3v) is 3.77. The van der Waals surface area contributed by atoms with E-state index in [1.54, 1.807) is 12.1 Å². The summed E-state index contributed by atoms with van der Waals surface area (Å²) in [5, 5.41) is 5.13. The second-order valence-corrected chi connectivity index (χ2v) is 7.29. The first-order chi connectivity index (χ1) is 9.67. The summed E-state index contributed by atoms with van der Waals surface area (Å²) in [6, 6.07) is 6.31. The van der Waals surface area contributed by atoms with E-state index in [0.717, 1.165) is 11.8 Å². The van der Waals surface area contributed by atoms with E-state index in [1.807, 2.05) is 19.1 Å². The number of aryl methyl sites for hydroxylation is 1. The maximum Gasteiger partial charge on any atom is 0.246 e. The molecule has 2 N–H and O–H groups in total. The van der Waals surface area contributed by atoms with Crippen molar-refractivity contribution in [1.82, 2.24) is 5.32 Å². The van der Waals surface area contributed by atoms with Gasteiger partial charge in [0.2, 0.25) is 11.8 Å². The van der Waals surface area contributed by atoms with Crippen LogP contribution in [0.1, 0.15) is 18.9 Å². The maximum absolute atomic E-state index is 12.1. The Morgan fingerprint density at radius 3 is 2.24 bits per heavy atom. The lowest BCUT2D eigenvalue weighted by atomic mass is 10.2. The molecule has 1 rings (SSSR count). The topological polar surface area (TPSA) is 92.3 Å². The highest BCUT2D eigenvalue weighted by Gasteiger charge is 2.21. The number of amides is 2. The molecule has 0 aliphatic carbocycles. The molecule has 0 heterocycles. The predicted octanol–water partition coefficient (Wildman–Crippen LogP) is 0.873. The summed E-state index contributed by atoms with van der Waals surface area (Å²) in [6.07, 6.45) is 1.13. The zero-order valence-electron chi connectivity index (χ0n) is 12.3. The van der Waals surface area contributed by atoms with Gasteiger partial charge in [-0.2, -0.15) is 0 Å². The van der Waals surface area contributed by atoms with Gasteiger partial charge in [0.25, 0.3) is 0 Å². The summed E-state index contributed by atoms with van der Waals surface area (Å²) in [7, 11) is -3.20. The predicted molar refractivity (Wildman–Crippen MR) is 81.7 cm³/mol. The van der Waals surface area contributed by atoms with Crippen LogP contribution in [0, 0.1) is 6.92 Å². The fourth-order valence-corrected chi connectivity index (χ4v) is 2.38. The van der Waals surface area contributed by atoms with Gasteiger partial charge in [0.15, 0.2) is 0 Å². The number of sulfone groups is 1. The van der Waals surface area contributed by atoms with Crippen molar-refractivity contribution >= 4 is 27.3 Å². The van der Waals surface area contributed by atoms with Crippen LogP contribution in [0.2, 0.25) is 0 Å². The Kier molecular flexibility index (Phi) is 5.90. The molecule has 6 nitrogen and oxygen atoms in total. The van der Waals surface area contributed by atoms with Crippen LogP contribution in [-0.2, 0) is 19.4 Å². The zero-order chi connectivity index (χ0) is 16.0. The van der Waals surface area contributed by atoms with Crippen molar-refractivity contribution in [2.24, 2.45) is 0 Å². The molecule has 0 radical (unpaired) electrons. The van der Waals surface area contributed by atoms with Crippen molar-refractivity contribution < 1.29 is 18.0 Å². The standard InChI is InChI=1S/C14H20N2O4S/c1-10-4-6-12(7-5-10)16-14(18)13(15-11(2)17)8-9-21(3,19)20/h4-7,13H,8-9H2,1-3H3,(H,15,17)(H,16,18)/t13-/m1/s1. The molecular weight excluding hydrogens is 292 g/mol. The summed E-state index contributed by atoms with van der Waals surface area (Å²) in [5.74, 6) is -0.982. The lowest BCUT2D eigenvalue weighted by Gasteiger charge is -2.17. The van der Waals surface area contributed by atoms with E-state index in [-0.39, 0.29) is 18.1 Å². The second-order valence-electron chi connectivity index (χ2n) is 5.03. The Bertz CT molecular complexity index is 608. The molecule has 1 aromatic carbocycles. The van der Waals surface area contributed by atoms with Crippen LogP contribution in [0.15, 0.2) is 24.3 Å². The molecule has 0 aliphatic rings. The van der Waals surface area contributed by atoms with E-state index in [1.165, 1.54) is 6.92 Å². The average molecular weight is 312 g/mol. The highest BCUT2D eigenvalue weighted by Crippen LogP contribution is 2.10. The molecule has 0 saturated carbocycles. The first kappa shape index (κ1) is 17.2.